The number of rotatable bonds is 8. The number of hydrogen-bond acceptors (Lipinski definition) is 7. The minimum Gasteiger partial charge on any atom is -0.456 e. The van der Waals surface area contributed by atoms with Crippen molar-refractivity contribution in [3.05, 3.63) is 34.5 Å². The van der Waals surface area contributed by atoms with Crippen LogP contribution in [0.25, 0.3) is 0 Å². The Morgan fingerprint density at radius 2 is 1.87 bits per heavy atom. The number of allylic oxidation sites excluding steroid dienone is 2. The fraction of sp³-hybridized carbons (Fsp3) is 0.545. The molecule has 3 fully saturated rings. The molecule has 2 amide bonds. The third-order valence-electron chi connectivity index (χ3n) is 7.02. The number of thioether (sulfide) groups is 1. The second kappa shape index (κ2) is 7.64. The average Bonchev–Trinajstić information content (AvgIpc) is 3.32. The Morgan fingerprint density at radius 1 is 1.20 bits per heavy atom. The van der Waals surface area contributed by atoms with Gasteiger partial charge in [-0.1, -0.05) is 18.2 Å². The Hall–Kier alpha value is -1.93. The molecule has 0 unspecified atom stereocenters. The highest BCUT2D eigenvalue weighted by Crippen LogP contribution is 2.65. The van der Waals surface area contributed by atoms with Crippen LogP contribution in [0, 0.1) is 35.5 Å². The fourth-order valence-corrected chi connectivity index (χ4v) is 6.72. The molecule has 4 aliphatic carbocycles. The van der Waals surface area contributed by atoms with Crippen LogP contribution in [0.1, 0.15) is 22.5 Å². The van der Waals surface area contributed by atoms with E-state index in [2.05, 4.69) is 12.2 Å². The van der Waals surface area contributed by atoms with Gasteiger partial charge in [-0.2, -0.15) is 11.8 Å². The number of amides is 2. The van der Waals surface area contributed by atoms with Crippen molar-refractivity contribution in [2.24, 2.45) is 35.5 Å². The Labute approximate surface area is 183 Å². The second-order valence-electron chi connectivity index (χ2n) is 8.51. The van der Waals surface area contributed by atoms with Crippen LogP contribution in [0.2, 0.25) is 0 Å². The molecule has 1 aromatic rings. The molecule has 1 aromatic heterocycles. The lowest BCUT2D eigenvalue weighted by molar-refractivity contribution is -0.158. The summed E-state index contributed by atoms with van der Waals surface area (Å²) in [4.78, 5) is 53.5. The summed E-state index contributed by atoms with van der Waals surface area (Å²) in [6.45, 7) is -0.380. The fourth-order valence-electron chi connectivity index (χ4n) is 5.61. The van der Waals surface area contributed by atoms with E-state index in [1.165, 1.54) is 16.2 Å². The summed E-state index contributed by atoms with van der Waals surface area (Å²) in [5.41, 5.74) is 0. The van der Waals surface area contributed by atoms with Crippen LogP contribution in [0.15, 0.2) is 29.7 Å². The first kappa shape index (κ1) is 20.0. The topological polar surface area (TPSA) is 80.8 Å². The van der Waals surface area contributed by atoms with Crippen LogP contribution in [0.3, 0.4) is 0 Å². The molecule has 2 heterocycles. The van der Waals surface area contributed by atoms with Gasteiger partial charge in [0, 0.05) is 0 Å². The van der Waals surface area contributed by atoms with Crippen molar-refractivity contribution < 1.29 is 23.9 Å². The van der Waals surface area contributed by atoms with E-state index in [9.17, 15) is 19.2 Å². The van der Waals surface area contributed by atoms with E-state index in [-0.39, 0.29) is 47.9 Å². The number of ether oxygens (including phenoxy) is 1. The molecule has 1 saturated heterocycles. The van der Waals surface area contributed by atoms with Crippen LogP contribution < -0.4 is 0 Å². The van der Waals surface area contributed by atoms with Crippen LogP contribution in [0.4, 0.5) is 0 Å². The number of Topliss-reactive ketones (excluding diaryl/α,β-unsaturated/α-hetero) is 1. The lowest BCUT2D eigenvalue weighted by atomic mass is 9.63. The highest BCUT2D eigenvalue weighted by Gasteiger charge is 2.67. The molecule has 8 heteroatoms. The van der Waals surface area contributed by atoms with Crippen molar-refractivity contribution in [1.29, 1.82) is 0 Å². The van der Waals surface area contributed by atoms with Crippen molar-refractivity contribution in [2.75, 3.05) is 18.6 Å². The number of esters is 1. The van der Waals surface area contributed by atoms with Crippen LogP contribution in [-0.2, 0) is 19.1 Å². The van der Waals surface area contributed by atoms with E-state index < -0.39 is 12.0 Å². The highest BCUT2D eigenvalue weighted by atomic mass is 32.2. The molecule has 0 spiro atoms. The molecule has 0 aromatic carbocycles. The SMILES string of the molecule is CSCC[C@H](C(=O)OCC(=O)c1cccs1)N1C(=O)[C@H]2[C@@H]3C=C[C@H]([C@H]4C[C@H]34)[C@@H]2C1=O. The third-order valence-corrected chi connectivity index (χ3v) is 8.57. The molecule has 7 atom stereocenters. The zero-order valence-electron chi connectivity index (χ0n) is 16.6. The number of nitrogens with zero attached hydrogens (tertiary/aromatic N) is 1. The van der Waals surface area contributed by atoms with Gasteiger partial charge < -0.3 is 4.74 Å². The van der Waals surface area contributed by atoms with Gasteiger partial charge in [0.2, 0.25) is 17.6 Å². The molecular formula is C22H23NO5S2. The highest BCUT2D eigenvalue weighted by molar-refractivity contribution is 7.98. The van der Waals surface area contributed by atoms with E-state index in [0.717, 1.165) is 6.42 Å². The zero-order chi connectivity index (χ0) is 21.0. The second-order valence-corrected chi connectivity index (χ2v) is 10.4. The maximum atomic E-state index is 13.3. The van der Waals surface area contributed by atoms with Crippen molar-refractivity contribution in [3.8, 4) is 0 Å². The molecular weight excluding hydrogens is 422 g/mol. The maximum Gasteiger partial charge on any atom is 0.329 e. The van der Waals surface area contributed by atoms with Gasteiger partial charge in [0.15, 0.2) is 6.61 Å². The molecule has 5 aliphatic rings. The van der Waals surface area contributed by atoms with Crippen molar-refractivity contribution >= 4 is 46.7 Å². The Bertz CT molecular complexity index is 890. The predicted octanol–water partition coefficient (Wildman–Crippen LogP) is 2.65. The third kappa shape index (κ3) is 3.07. The molecule has 6 rings (SSSR count). The minimum absolute atomic E-state index is 0.115. The number of likely N-dealkylation sites (tertiary alicyclic amines) is 1. The molecule has 30 heavy (non-hydrogen) atoms. The van der Waals surface area contributed by atoms with Gasteiger partial charge >= 0.3 is 5.97 Å². The largest absolute Gasteiger partial charge is 0.456 e. The van der Waals surface area contributed by atoms with Gasteiger partial charge in [0.1, 0.15) is 6.04 Å². The monoisotopic (exact) mass is 445 g/mol. The Balaban J connectivity index is 1.34. The van der Waals surface area contributed by atoms with Crippen molar-refractivity contribution in [3.63, 3.8) is 0 Å². The van der Waals surface area contributed by atoms with Crippen molar-refractivity contribution in [1.82, 2.24) is 4.90 Å². The first-order chi connectivity index (χ1) is 14.5. The number of imide groups is 1. The molecule has 158 valence electrons. The van der Waals surface area contributed by atoms with Gasteiger partial charge in [-0.05, 0) is 60.0 Å². The maximum absolute atomic E-state index is 13.3. The summed E-state index contributed by atoms with van der Waals surface area (Å²) < 4.78 is 5.30. The predicted molar refractivity (Wildman–Crippen MR) is 113 cm³/mol. The standard InChI is InChI=1S/C22H23NO5S2/c1-29-8-6-15(22(27)28-10-16(24)17-3-2-7-30-17)23-20(25)18-11-4-5-12(14-9-13(11)14)19(18)21(23)26/h2-5,7,11-15,18-19H,6,8-10H2,1H3/t11-,12-,13-,14-,15-,18+,19+/m1/s1. The van der Waals surface area contributed by atoms with E-state index in [1.54, 1.807) is 29.3 Å². The number of hydrogen-bond donors (Lipinski definition) is 0. The summed E-state index contributed by atoms with van der Waals surface area (Å²) in [5, 5.41) is 1.78. The van der Waals surface area contributed by atoms with E-state index in [1.807, 2.05) is 6.26 Å². The van der Waals surface area contributed by atoms with Gasteiger partial charge in [-0.15, -0.1) is 11.3 Å². The summed E-state index contributed by atoms with van der Waals surface area (Å²) in [6.07, 6.45) is 7.57. The molecule has 0 radical (unpaired) electrons. The van der Waals surface area contributed by atoms with E-state index >= 15 is 0 Å². The minimum atomic E-state index is -0.963. The lowest BCUT2D eigenvalue weighted by Gasteiger charge is -2.37. The van der Waals surface area contributed by atoms with Crippen LogP contribution in [0.5, 0.6) is 0 Å². The number of ketones is 1. The Morgan fingerprint density at radius 3 is 2.43 bits per heavy atom. The van der Waals surface area contributed by atoms with Gasteiger partial charge in [0.05, 0.1) is 16.7 Å². The summed E-state index contributed by atoms with van der Waals surface area (Å²) in [6, 6.07) is 2.48. The molecule has 2 saturated carbocycles. The number of carbonyl (C=O) groups is 4. The van der Waals surface area contributed by atoms with Gasteiger partial charge in [-0.3, -0.25) is 19.3 Å². The van der Waals surface area contributed by atoms with Crippen molar-refractivity contribution in [2.45, 2.75) is 18.9 Å². The molecule has 1 aliphatic heterocycles. The smallest absolute Gasteiger partial charge is 0.329 e. The number of carbonyl (C=O) groups excluding carboxylic acids is 4. The Kier molecular flexibility index (Phi) is 5.09. The van der Waals surface area contributed by atoms with Crippen LogP contribution in [-0.4, -0.2) is 53.1 Å². The summed E-state index contributed by atoms with van der Waals surface area (Å²) in [7, 11) is 0. The van der Waals surface area contributed by atoms with E-state index in [4.69, 9.17) is 4.74 Å². The molecule has 2 bridgehead atoms. The van der Waals surface area contributed by atoms with Crippen LogP contribution >= 0.6 is 23.1 Å². The number of thiophene rings is 1. The lowest BCUT2D eigenvalue weighted by Crippen LogP contribution is -2.47. The normalized spacial score (nSPS) is 34.0. The van der Waals surface area contributed by atoms with Gasteiger partial charge in [0.25, 0.3) is 0 Å². The van der Waals surface area contributed by atoms with E-state index in [0.29, 0.717) is 28.9 Å². The average molecular weight is 446 g/mol. The first-order valence-corrected chi connectivity index (χ1v) is 12.6. The van der Waals surface area contributed by atoms with Gasteiger partial charge in [-0.25, -0.2) is 4.79 Å². The molecule has 0 N–H and O–H groups in total. The zero-order valence-corrected chi connectivity index (χ0v) is 18.2. The summed E-state index contributed by atoms with van der Waals surface area (Å²) in [5.74, 6) is -0.228. The first-order valence-electron chi connectivity index (χ1n) is 10.3. The quantitative estimate of drug-likeness (QED) is 0.265. The molecule has 6 nitrogen and oxygen atoms in total. The summed E-state index contributed by atoms with van der Waals surface area (Å²) >= 11 is 2.83.